The Balaban J connectivity index is 1.81. The predicted octanol–water partition coefficient (Wildman–Crippen LogP) is 2.64. The third-order valence-electron chi connectivity index (χ3n) is 2.88. The first-order valence-corrected chi connectivity index (χ1v) is 6.94. The van der Waals surface area contributed by atoms with Crippen molar-refractivity contribution in [2.75, 3.05) is 6.54 Å². The number of nitrogens with one attached hydrogen (secondary N) is 1. The van der Waals surface area contributed by atoms with Crippen LogP contribution in [0.25, 0.3) is 0 Å². The fourth-order valence-corrected chi connectivity index (χ4v) is 1.93. The van der Waals surface area contributed by atoms with Crippen molar-refractivity contribution in [3.05, 3.63) is 65.7 Å². The van der Waals surface area contributed by atoms with E-state index >= 15 is 0 Å². The smallest absolute Gasteiger partial charge is 0.163 e. The van der Waals surface area contributed by atoms with Crippen molar-refractivity contribution in [3.8, 4) is 5.75 Å². The van der Waals surface area contributed by atoms with Crippen LogP contribution in [0.15, 0.2) is 54.6 Å². The molecule has 2 aromatic rings. The third kappa shape index (κ3) is 4.90. The van der Waals surface area contributed by atoms with Crippen molar-refractivity contribution < 1.29 is 4.74 Å². The Kier molecular flexibility index (Phi) is 5.38. The summed E-state index contributed by atoms with van der Waals surface area (Å²) < 4.78 is 5.73. The van der Waals surface area contributed by atoms with Gasteiger partial charge in [0.25, 0.3) is 0 Å². The van der Waals surface area contributed by atoms with Gasteiger partial charge in [-0.15, -0.1) is 0 Å². The molecule has 0 saturated carbocycles. The van der Waals surface area contributed by atoms with Gasteiger partial charge in [-0.25, -0.2) is 0 Å². The van der Waals surface area contributed by atoms with Gasteiger partial charge < -0.3 is 15.8 Å². The van der Waals surface area contributed by atoms with Gasteiger partial charge in [-0.05, 0) is 41.9 Å². The summed E-state index contributed by atoms with van der Waals surface area (Å²) in [5.41, 5.74) is 7.76. The van der Waals surface area contributed by atoms with Crippen molar-refractivity contribution in [1.29, 1.82) is 0 Å². The maximum atomic E-state index is 5.73. The lowest BCUT2D eigenvalue weighted by atomic mass is 10.1. The number of rotatable bonds is 6. The summed E-state index contributed by atoms with van der Waals surface area (Å²) in [6.45, 7) is 1.34. The van der Waals surface area contributed by atoms with Crippen molar-refractivity contribution in [2.24, 2.45) is 5.73 Å². The van der Waals surface area contributed by atoms with Crippen LogP contribution in [0.3, 0.4) is 0 Å². The highest BCUT2D eigenvalue weighted by Crippen LogP contribution is 2.14. The number of nitrogens with two attached hydrogens (primary N) is 1. The monoisotopic (exact) mass is 286 g/mol. The van der Waals surface area contributed by atoms with Crippen LogP contribution >= 0.6 is 12.2 Å². The second-order valence-corrected chi connectivity index (χ2v) is 4.90. The van der Waals surface area contributed by atoms with Gasteiger partial charge in [-0.3, -0.25) is 0 Å². The average Bonchev–Trinajstić information content (AvgIpc) is 2.47. The zero-order valence-corrected chi connectivity index (χ0v) is 12.0. The second kappa shape index (κ2) is 7.50. The molecule has 0 fully saturated rings. The van der Waals surface area contributed by atoms with Gasteiger partial charge in [0.2, 0.25) is 0 Å². The molecule has 0 bridgehead atoms. The first-order chi connectivity index (χ1) is 9.74. The predicted molar refractivity (Wildman–Crippen MR) is 85.7 cm³/mol. The summed E-state index contributed by atoms with van der Waals surface area (Å²) in [5, 5.41) is 3.27. The number of hydrogen-bond acceptors (Lipinski definition) is 2. The number of benzene rings is 2. The summed E-state index contributed by atoms with van der Waals surface area (Å²) >= 11 is 4.76. The lowest BCUT2D eigenvalue weighted by Gasteiger charge is -2.08. The van der Waals surface area contributed by atoms with Crippen molar-refractivity contribution in [3.63, 3.8) is 0 Å². The summed E-state index contributed by atoms with van der Waals surface area (Å²) in [6, 6.07) is 18.2. The molecule has 0 amide bonds. The van der Waals surface area contributed by atoms with E-state index in [0.29, 0.717) is 11.7 Å². The summed E-state index contributed by atoms with van der Waals surface area (Å²) in [5.74, 6) is 0.875. The maximum Gasteiger partial charge on any atom is 0.163 e. The zero-order valence-electron chi connectivity index (χ0n) is 11.2. The van der Waals surface area contributed by atoms with Crippen LogP contribution in [-0.4, -0.2) is 11.7 Å². The molecule has 0 spiro atoms. The zero-order chi connectivity index (χ0) is 14.2. The molecule has 0 aliphatic heterocycles. The van der Waals surface area contributed by atoms with E-state index in [0.717, 1.165) is 24.3 Å². The Morgan fingerprint density at radius 2 is 1.70 bits per heavy atom. The minimum Gasteiger partial charge on any atom is -0.489 e. The van der Waals surface area contributed by atoms with E-state index in [1.54, 1.807) is 0 Å². The molecule has 104 valence electrons. The van der Waals surface area contributed by atoms with Gasteiger partial charge in [0.15, 0.2) is 5.11 Å². The van der Waals surface area contributed by atoms with Crippen LogP contribution < -0.4 is 15.8 Å². The molecule has 2 rings (SSSR count). The van der Waals surface area contributed by atoms with Gasteiger partial charge in [0, 0.05) is 6.54 Å². The van der Waals surface area contributed by atoms with Crippen molar-refractivity contribution in [2.45, 2.75) is 13.0 Å². The molecule has 4 heteroatoms. The van der Waals surface area contributed by atoms with E-state index in [2.05, 4.69) is 29.6 Å². The quantitative estimate of drug-likeness (QED) is 0.802. The van der Waals surface area contributed by atoms with Gasteiger partial charge in [-0.2, -0.15) is 0 Å². The largest absolute Gasteiger partial charge is 0.489 e. The molecule has 2 aromatic carbocycles. The maximum absolute atomic E-state index is 5.73. The summed E-state index contributed by atoms with van der Waals surface area (Å²) in [6.07, 6.45) is 0.885. The van der Waals surface area contributed by atoms with E-state index in [-0.39, 0.29) is 0 Å². The molecular formula is C16H18N2OS. The van der Waals surface area contributed by atoms with Crippen LogP contribution in [0, 0.1) is 0 Å². The molecule has 0 saturated heterocycles. The van der Waals surface area contributed by atoms with Crippen LogP contribution in [0.4, 0.5) is 0 Å². The minimum absolute atomic E-state index is 0.341. The normalized spacial score (nSPS) is 10.0. The number of ether oxygens (including phenoxy) is 1. The van der Waals surface area contributed by atoms with Crippen molar-refractivity contribution in [1.82, 2.24) is 5.32 Å². The molecular weight excluding hydrogens is 268 g/mol. The van der Waals surface area contributed by atoms with E-state index in [1.165, 1.54) is 5.56 Å². The molecule has 3 nitrogen and oxygen atoms in total. The first kappa shape index (κ1) is 14.3. The average molecular weight is 286 g/mol. The minimum atomic E-state index is 0.341. The molecule has 0 unspecified atom stereocenters. The molecule has 20 heavy (non-hydrogen) atoms. The standard InChI is InChI=1S/C16H18N2OS/c17-16(20)18-11-10-13-6-8-15(9-7-13)19-12-14-4-2-1-3-5-14/h1-9H,10-12H2,(H3,17,18,20). The Morgan fingerprint density at radius 1 is 1.00 bits per heavy atom. The van der Waals surface area contributed by atoms with E-state index in [4.69, 9.17) is 22.7 Å². The highest BCUT2D eigenvalue weighted by Gasteiger charge is 1.97. The van der Waals surface area contributed by atoms with Crippen molar-refractivity contribution >= 4 is 17.3 Å². The van der Waals surface area contributed by atoms with Crippen LogP contribution in [0.5, 0.6) is 5.75 Å². The van der Waals surface area contributed by atoms with Crippen LogP contribution in [-0.2, 0) is 13.0 Å². The first-order valence-electron chi connectivity index (χ1n) is 6.53. The number of thiocarbonyl (C=S) groups is 1. The summed E-state index contributed by atoms with van der Waals surface area (Å²) in [4.78, 5) is 0. The Hall–Kier alpha value is -2.07. The number of hydrogen-bond donors (Lipinski definition) is 2. The fraction of sp³-hybridized carbons (Fsp3) is 0.188. The van der Waals surface area contributed by atoms with E-state index < -0.39 is 0 Å². The van der Waals surface area contributed by atoms with Crippen LogP contribution in [0.1, 0.15) is 11.1 Å². The molecule has 0 aliphatic carbocycles. The highest BCUT2D eigenvalue weighted by molar-refractivity contribution is 7.80. The molecule has 0 radical (unpaired) electrons. The summed E-state index contributed by atoms with van der Waals surface area (Å²) in [7, 11) is 0. The fourth-order valence-electron chi connectivity index (χ4n) is 1.82. The molecule has 3 N–H and O–H groups in total. The van der Waals surface area contributed by atoms with E-state index in [1.807, 2.05) is 30.3 Å². The topological polar surface area (TPSA) is 47.3 Å². The molecule has 0 aliphatic rings. The van der Waals surface area contributed by atoms with E-state index in [9.17, 15) is 0 Å². The van der Waals surface area contributed by atoms with Gasteiger partial charge in [0.1, 0.15) is 12.4 Å². The Morgan fingerprint density at radius 3 is 2.35 bits per heavy atom. The van der Waals surface area contributed by atoms with Crippen LogP contribution in [0.2, 0.25) is 0 Å². The molecule has 0 heterocycles. The van der Waals surface area contributed by atoms with Gasteiger partial charge >= 0.3 is 0 Å². The highest BCUT2D eigenvalue weighted by atomic mass is 32.1. The Labute approximate surface area is 124 Å². The lowest BCUT2D eigenvalue weighted by Crippen LogP contribution is -2.30. The molecule has 0 aromatic heterocycles. The SMILES string of the molecule is NC(=S)NCCc1ccc(OCc2ccccc2)cc1. The van der Waals surface area contributed by atoms with Gasteiger partial charge in [0.05, 0.1) is 0 Å². The second-order valence-electron chi connectivity index (χ2n) is 4.46. The van der Waals surface area contributed by atoms with Gasteiger partial charge in [-0.1, -0.05) is 42.5 Å². The Bertz CT molecular complexity index is 540. The molecule has 0 atom stereocenters. The third-order valence-corrected chi connectivity index (χ3v) is 3.03. The lowest BCUT2D eigenvalue weighted by molar-refractivity contribution is 0.306.